The minimum atomic E-state index is 0.129. The summed E-state index contributed by atoms with van der Waals surface area (Å²) in [5.74, 6) is 0.129. The maximum absolute atomic E-state index is 13.1. The molecule has 124 valence electrons. The number of H-pyrrole nitrogens is 1. The van der Waals surface area contributed by atoms with Gasteiger partial charge in [-0.25, -0.2) is 0 Å². The van der Waals surface area contributed by atoms with Crippen molar-refractivity contribution >= 4 is 16.8 Å². The van der Waals surface area contributed by atoms with Gasteiger partial charge in [0.1, 0.15) is 0 Å². The number of rotatable bonds is 4. The van der Waals surface area contributed by atoms with Crippen LogP contribution in [0.3, 0.4) is 0 Å². The predicted molar refractivity (Wildman–Crippen MR) is 94.0 cm³/mol. The number of nitrogens with zero attached hydrogens (tertiary/aromatic N) is 3. The largest absolute Gasteiger partial charge is 0.360 e. The van der Waals surface area contributed by atoms with Crippen LogP contribution in [-0.2, 0) is 13.0 Å². The van der Waals surface area contributed by atoms with Gasteiger partial charge in [-0.2, -0.15) is 5.10 Å². The van der Waals surface area contributed by atoms with Gasteiger partial charge in [-0.05, 0) is 30.9 Å². The van der Waals surface area contributed by atoms with Crippen molar-refractivity contribution in [1.82, 2.24) is 19.7 Å². The fourth-order valence-corrected chi connectivity index (χ4v) is 3.76. The number of aromatic nitrogens is 3. The lowest BCUT2D eigenvalue weighted by molar-refractivity contribution is 0.0723. The Hall–Kier alpha value is -2.56. The summed E-state index contributed by atoms with van der Waals surface area (Å²) in [6.45, 7) is 3.73. The summed E-state index contributed by atoms with van der Waals surface area (Å²) in [4.78, 5) is 18.5. The number of amides is 1. The summed E-state index contributed by atoms with van der Waals surface area (Å²) in [6.07, 6.45) is 8.66. The number of fused-ring (bicyclic) bond motifs is 1. The molecule has 5 nitrogen and oxygen atoms in total. The Morgan fingerprint density at radius 1 is 1.38 bits per heavy atom. The number of aromatic amines is 1. The summed E-state index contributed by atoms with van der Waals surface area (Å²) in [7, 11) is 0. The summed E-state index contributed by atoms with van der Waals surface area (Å²) < 4.78 is 1.92. The molecule has 0 radical (unpaired) electrons. The van der Waals surface area contributed by atoms with E-state index in [2.05, 4.69) is 23.1 Å². The van der Waals surface area contributed by atoms with Crippen LogP contribution < -0.4 is 0 Å². The van der Waals surface area contributed by atoms with Crippen molar-refractivity contribution < 1.29 is 4.79 Å². The smallest absolute Gasteiger partial charge is 0.256 e. The van der Waals surface area contributed by atoms with Gasteiger partial charge in [0.05, 0.1) is 18.2 Å². The number of benzene rings is 1. The first-order valence-electron chi connectivity index (χ1n) is 8.65. The molecule has 4 rings (SSSR count). The monoisotopic (exact) mass is 322 g/mol. The van der Waals surface area contributed by atoms with E-state index in [4.69, 9.17) is 0 Å². The number of carbonyl (C=O) groups is 1. The lowest BCUT2D eigenvalue weighted by Gasteiger charge is -2.24. The number of likely N-dealkylation sites (tertiary alicyclic amines) is 1. The van der Waals surface area contributed by atoms with Crippen molar-refractivity contribution in [1.29, 1.82) is 0 Å². The maximum atomic E-state index is 13.1. The van der Waals surface area contributed by atoms with E-state index in [0.29, 0.717) is 0 Å². The van der Waals surface area contributed by atoms with Gasteiger partial charge in [0.15, 0.2) is 0 Å². The van der Waals surface area contributed by atoms with Gasteiger partial charge < -0.3 is 9.88 Å². The lowest BCUT2D eigenvalue weighted by atomic mass is 10.1. The number of carbonyl (C=O) groups excluding carboxylic acids is 1. The highest BCUT2D eigenvalue weighted by Crippen LogP contribution is 2.27. The molecule has 0 spiro atoms. The zero-order valence-corrected chi connectivity index (χ0v) is 13.9. The molecular weight excluding hydrogens is 300 g/mol. The van der Waals surface area contributed by atoms with E-state index in [9.17, 15) is 4.79 Å². The molecule has 1 saturated heterocycles. The first kappa shape index (κ1) is 15.0. The zero-order valence-electron chi connectivity index (χ0n) is 13.9. The van der Waals surface area contributed by atoms with Gasteiger partial charge in [-0.15, -0.1) is 0 Å². The van der Waals surface area contributed by atoms with Gasteiger partial charge in [0.25, 0.3) is 5.91 Å². The van der Waals surface area contributed by atoms with E-state index in [1.807, 2.05) is 40.2 Å². The van der Waals surface area contributed by atoms with Gasteiger partial charge >= 0.3 is 0 Å². The van der Waals surface area contributed by atoms with Crippen molar-refractivity contribution in [2.45, 2.75) is 38.8 Å². The number of hydrogen-bond acceptors (Lipinski definition) is 2. The summed E-state index contributed by atoms with van der Waals surface area (Å²) in [5.41, 5.74) is 3.12. The fraction of sp³-hybridized carbons (Fsp3) is 0.368. The van der Waals surface area contributed by atoms with Crippen LogP contribution >= 0.6 is 0 Å². The van der Waals surface area contributed by atoms with Crippen LogP contribution in [0.5, 0.6) is 0 Å². The van der Waals surface area contributed by atoms with Gasteiger partial charge in [0.2, 0.25) is 0 Å². The fourth-order valence-electron chi connectivity index (χ4n) is 3.76. The molecule has 0 aliphatic carbocycles. The molecule has 1 aliphatic heterocycles. The third-order valence-electron chi connectivity index (χ3n) is 5.01. The SMILES string of the molecule is CCc1cccc2c(C(=O)N3CCCC3Cn3cccn3)c[nH]c12. The first-order valence-corrected chi connectivity index (χ1v) is 8.65. The van der Waals surface area contributed by atoms with Crippen LogP contribution in [0, 0.1) is 0 Å². The van der Waals surface area contributed by atoms with E-state index >= 15 is 0 Å². The van der Waals surface area contributed by atoms with Gasteiger partial charge in [-0.3, -0.25) is 9.48 Å². The number of aryl methyl sites for hydroxylation is 1. The Morgan fingerprint density at radius 2 is 2.29 bits per heavy atom. The highest BCUT2D eigenvalue weighted by molar-refractivity contribution is 6.07. The molecule has 0 bridgehead atoms. The zero-order chi connectivity index (χ0) is 16.5. The average Bonchev–Trinajstić information content (AvgIpc) is 3.34. The Balaban J connectivity index is 1.63. The molecule has 5 heteroatoms. The second-order valence-corrected chi connectivity index (χ2v) is 6.42. The number of para-hydroxylation sites is 1. The van der Waals surface area contributed by atoms with E-state index < -0.39 is 0 Å². The molecule has 1 aromatic carbocycles. The van der Waals surface area contributed by atoms with E-state index in [1.165, 1.54) is 5.56 Å². The average molecular weight is 322 g/mol. The van der Waals surface area contributed by atoms with Crippen molar-refractivity contribution in [3.8, 4) is 0 Å². The molecule has 2 aromatic heterocycles. The molecule has 24 heavy (non-hydrogen) atoms. The van der Waals surface area contributed by atoms with Crippen LogP contribution in [0.2, 0.25) is 0 Å². The second-order valence-electron chi connectivity index (χ2n) is 6.42. The van der Waals surface area contributed by atoms with E-state index in [0.717, 1.165) is 48.8 Å². The third kappa shape index (κ3) is 2.50. The Labute approximate surface area is 141 Å². The Kier molecular flexibility index (Phi) is 3.84. The lowest BCUT2D eigenvalue weighted by Crippen LogP contribution is -2.38. The summed E-state index contributed by atoms with van der Waals surface area (Å²) in [5, 5.41) is 5.31. The number of nitrogens with one attached hydrogen (secondary N) is 1. The quantitative estimate of drug-likeness (QED) is 0.802. The van der Waals surface area contributed by atoms with Crippen LogP contribution in [0.4, 0.5) is 0 Å². The van der Waals surface area contributed by atoms with Gasteiger partial charge in [-0.1, -0.05) is 25.1 Å². The second kappa shape index (κ2) is 6.15. The van der Waals surface area contributed by atoms with Crippen molar-refractivity contribution in [3.63, 3.8) is 0 Å². The predicted octanol–water partition coefficient (Wildman–Crippen LogP) is 3.23. The molecule has 1 fully saturated rings. The summed E-state index contributed by atoms with van der Waals surface area (Å²) >= 11 is 0. The maximum Gasteiger partial charge on any atom is 0.256 e. The molecule has 1 atom stereocenters. The Morgan fingerprint density at radius 3 is 3.08 bits per heavy atom. The van der Waals surface area contributed by atoms with E-state index in [-0.39, 0.29) is 11.9 Å². The molecule has 1 unspecified atom stereocenters. The van der Waals surface area contributed by atoms with Crippen molar-refractivity contribution in [3.05, 3.63) is 54.0 Å². The highest BCUT2D eigenvalue weighted by Gasteiger charge is 2.31. The molecular formula is C19H22N4O. The standard InChI is InChI=1S/C19H22N4O/c1-2-14-6-3-8-16-17(12-20-18(14)16)19(24)23-11-4-7-15(23)13-22-10-5-9-21-22/h3,5-6,8-10,12,15,20H,2,4,7,11,13H2,1H3. The van der Waals surface area contributed by atoms with Crippen LogP contribution in [0.1, 0.15) is 35.7 Å². The summed E-state index contributed by atoms with van der Waals surface area (Å²) in [6, 6.07) is 8.33. The third-order valence-corrected chi connectivity index (χ3v) is 5.01. The van der Waals surface area contributed by atoms with Crippen LogP contribution in [-0.4, -0.2) is 38.2 Å². The van der Waals surface area contributed by atoms with Gasteiger partial charge in [0, 0.05) is 36.0 Å². The molecule has 1 N–H and O–H groups in total. The van der Waals surface area contributed by atoms with Crippen LogP contribution in [0.15, 0.2) is 42.9 Å². The van der Waals surface area contributed by atoms with E-state index in [1.54, 1.807) is 6.20 Å². The molecule has 3 aromatic rings. The first-order chi connectivity index (χ1) is 11.8. The number of hydrogen-bond donors (Lipinski definition) is 1. The molecule has 3 heterocycles. The van der Waals surface area contributed by atoms with Crippen molar-refractivity contribution in [2.75, 3.05) is 6.54 Å². The van der Waals surface area contributed by atoms with Crippen LogP contribution in [0.25, 0.3) is 10.9 Å². The highest BCUT2D eigenvalue weighted by atomic mass is 16.2. The Bertz CT molecular complexity index is 850. The minimum absolute atomic E-state index is 0.129. The minimum Gasteiger partial charge on any atom is -0.360 e. The molecule has 0 saturated carbocycles. The molecule has 1 aliphatic rings. The van der Waals surface area contributed by atoms with Crippen molar-refractivity contribution in [2.24, 2.45) is 0 Å². The molecule has 1 amide bonds. The topological polar surface area (TPSA) is 53.9 Å². The normalized spacial score (nSPS) is 17.7.